The second-order valence-corrected chi connectivity index (χ2v) is 6.64. The molecular weight excluding hydrogens is 298 g/mol. The van der Waals surface area contributed by atoms with Crippen LogP contribution in [0.25, 0.3) is 0 Å². The number of likely N-dealkylation sites (tertiary alicyclic amines) is 1. The van der Waals surface area contributed by atoms with Crippen LogP contribution in [0.15, 0.2) is 30.3 Å². The Bertz CT molecular complexity index is 564. The molecule has 0 bridgehead atoms. The van der Waals surface area contributed by atoms with E-state index in [-0.39, 0.29) is 11.3 Å². The van der Waals surface area contributed by atoms with Crippen LogP contribution < -0.4 is 5.32 Å². The lowest BCUT2D eigenvalue weighted by molar-refractivity contribution is -0.121. The number of nitriles is 1. The Hall–Kier alpha value is -1.86. The molecule has 4 heteroatoms. The molecule has 1 aliphatic heterocycles. The van der Waals surface area contributed by atoms with Gasteiger partial charge < -0.3 is 5.32 Å². The molecule has 0 atom stereocenters. The van der Waals surface area contributed by atoms with Crippen molar-refractivity contribution in [2.75, 3.05) is 13.1 Å². The second-order valence-electron chi connectivity index (χ2n) is 6.64. The number of amides is 1. The monoisotopic (exact) mass is 327 g/mol. The van der Waals surface area contributed by atoms with E-state index < -0.39 is 0 Å². The zero-order chi connectivity index (χ0) is 17.6. The first-order valence-corrected chi connectivity index (χ1v) is 9.11. The molecule has 0 radical (unpaired) electrons. The molecule has 4 nitrogen and oxygen atoms in total. The fourth-order valence-corrected chi connectivity index (χ4v) is 3.87. The normalized spacial score (nSPS) is 27.2. The number of hydrogen-bond acceptors (Lipinski definition) is 3. The Morgan fingerprint density at radius 2 is 1.79 bits per heavy atom. The first-order valence-electron chi connectivity index (χ1n) is 9.11. The van der Waals surface area contributed by atoms with Crippen LogP contribution in [0, 0.1) is 11.3 Å². The molecule has 1 aromatic rings. The molecular formula is C20H29N3O. The van der Waals surface area contributed by atoms with E-state index in [4.69, 9.17) is 0 Å². The van der Waals surface area contributed by atoms with Gasteiger partial charge in [0.2, 0.25) is 5.91 Å². The van der Waals surface area contributed by atoms with Crippen LogP contribution in [-0.4, -0.2) is 36.0 Å². The number of nitrogens with one attached hydrogen (secondary N) is 1. The Kier molecular flexibility index (Phi) is 6.39. The number of rotatable bonds is 3. The van der Waals surface area contributed by atoms with Crippen LogP contribution in [0.2, 0.25) is 0 Å². The van der Waals surface area contributed by atoms with Gasteiger partial charge in [-0.3, -0.25) is 9.69 Å². The van der Waals surface area contributed by atoms with Crippen LogP contribution in [0.1, 0.15) is 52.0 Å². The summed E-state index contributed by atoms with van der Waals surface area (Å²) in [4.78, 5) is 13.5. The van der Waals surface area contributed by atoms with Gasteiger partial charge in [0.25, 0.3) is 0 Å². The van der Waals surface area contributed by atoms with E-state index >= 15 is 0 Å². The molecule has 24 heavy (non-hydrogen) atoms. The molecule has 2 fully saturated rings. The van der Waals surface area contributed by atoms with Gasteiger partial charge in [0.05, 0.1) is 17.5 Å². The number of nitrogens with zero attached hydrogens (tertiary/aromatic N) is 2. The van der Waals surface area contributed by atoms with E-state index in [2.05, 4.69) is 28.4 Å². The van der Waals surface area contributed by atoms with Crippen LogP contribution in [0.5, 0.6) is 0 Å². The fourth-order valence-electron chi connectivity index (χ4n) is 3.87. The zero-order valence-corrected chi connectivity index (χ0v) is 15.1. The summed E-state index contributed by atoms with van der Waals surface area (Å²) in [6.45, 7) is 7.48. The van der Waals surface area contributed by atoms with Crippen molar-refractivity contribution >= 4 is 5.91 Å². The number of carbonyl (C=O) groups is 1. The molecule has 1 saturated carbocycles. The van der Waals surface area contributed by atoms with E-state index in [1.807, 2.05) is 32.0 Å². The number of carbonyl (C=O) groups excluding carboxylic acids is 1. The molecule has 1 N–H and O–H groups in total. The molecule has 0 unspecified atom stereocenters. The average molecular weight is 327 g/mol. The average Bonchev–Trinajstić information content (AvgIpc) is 2.60. The maximum Gasteiger partial charge on any atom is 0.217 e. The van der Waals surface area contributed by atoms with Crippen molar-refractivity contribution in [3.05, 3.63) is 35.9 Å². The van der Waals surface area contributed by atoms with Crippen molar-refractivity contribution in [3.8, 4) is 6.07 Å². The summed E-state index contributed by atoms with van der Waals surface area (Å²) in [5.41, 5.74) is 0.857. The highest BCUT2D eigenvalue weighted by molar-refractivity contribution is 5.73. The van der Waals surface area contributed by atoms with Crippen molar-refractivity contribution in [2.24, 2.45) is 0 Å². The molecule has 0 aromatic heterocycles. The van der Waals surface area contributed by atoms with Gasteiger partial charge in [0.15, 0.2) is 0 Å². The molecule has 1 heterocycles. The summed E-state index contributed by atoms with van der Waals surface area (Å²) in [6.07, 6.45) is 3.99. The highest BCUT2D eigenvalue weighted by atomic mass is 16.1. The van der Waals surface area contributed by atoms with E-state index in [1.165, 1.54) is 0 Å². The maximum absolute atomic E-state index is 11.0. The lowest BCUT2D eigenvalue weighted by atomic mass is 9.68. The summed E-state index contributed by atoms with van der Waals surface area (Å²) in [5, 5.41) is 12.7. The van der Waals surface area contributed by atoms with Gasteiger partial charge in [0.1, 0.15) is 0 Å². The van der Waals surface area contributed by atoms with Gasteiger partial charge in [-0.25, -0.2) is 0 Å². The van der Waals surface area contributed by atoms with Crippen molar-refractivity contribution < 1.29 is 4.79 Å². The Labute approximate surface area is 145 Å². The highest BCUT2D eigenvalue weighted by Gasteiger charge is 2.41. The van der Waals surface area contributed by atoms with Crippen LogP contribution in [0.3, 0.4) is 0 Å². The first-order chi connectivity index (χ1) is 11.6. The third-order valence-electron chi connectivity index (χ3n) is 5.18. The predicted octanol–water partition coefficient (Wildman–Crippen LogP) is 3.24. The second kappa shape index (κ2) is 8.30. The lowest BCUT2D eigenvalue weighted by Gasteiger charge is -2.48. The standard InChI is InChI=1S/C18H23N3O.C2H6/c1-14(22)20-16-11-21(12-16)17-7-9-18(13-19,10-8-17)15-5-3-2-4-6-15;1-2/h2-6,16-17H,7-12H2,1H3,(H,20,22);1-2H3. The maximum atomic E-state index is 11.0. The zero-order valence-electron chi connectivity index (χ0n) is 15.1. The van der Waals surface area contributed by atoms with Crippen LogP contribution >= 0.6 is 0 Å². The lowest BCUT2D eigenvalue weighted by Crippen LogP contribution is -2.62. The minimum atomic E-state index is -0.306. The van der Waals surface area contributed by atoms with E-state index in [9.17, 15) is 10.1 Å². The van der Waals surface area contributed by atoms with Crippen LogP contribution in [-0.2, 0) is 10.2 Å². The largest absolute Gasteiger partial charge is 0.351 e. The van der Waals surface area contributed by atoms with E-state index in [0.29, 0.717) is 12.1 Å². The van der Waals surface area contributed by atoms with Gasteiger partial charge in [-0.05, 0) is 31.2 Å². The molecule has 2 aliphatic rings. The summed E-state index contributed by atoms with van der Waals surface area (Å²) < 4.78 is 0. The summed E-state index contributed by atoms with van der Waals surface area (Å²) >= 11 is 0. The summed E-state index contributed by atoms with van der Waals surface area (Å²) in [5.74, 6) is 0.0564. The van der Waals surface area contributed by atoms with Gasteiger partial charge >= 0.3 is 0 Å². The van der Waals surface area contributed by atoms with E-state index in [1.54, 1.807) is 6.92 Å². The predicted molar refractivity (Wildman–Crippen MR) is 96.5 cm³/mol. The third kappa shape index (κ3) is 3.96. The SMILES string of the molecule is CC.CC(=O)NC1CN(C2CCC(C#N)(c3ccccc3)CC2)C1. The molecule has 1 saturated heterocycles. The molecule has 0 spiro atoms. The van der Waals surface area contributed by atoms with Crippen molar-refractivity contribution in [1.82, 2.24) is 10.2 Å². The van der Waals surface area contributed by atoms with Crippen molar-refractivity contribution in [1.29, 1.82) is 5.26 Å². The summed E-state index contributed by atoms with van der Waals surface area (Å²) in [6, 6.07) is 13.7. The quantitative estimate of drug-likeness (QED) is 0.927. The fraction of sp³-hybridized carbons (Fsp3) is 0.600. The smallest absolute Gasteiger partial charge is 0.217 e. The van der Waals surface area contributed by atoms with Gasteiger partial charge in [-0.1, -0.05) is 44.2 Å². The summed E-state index contributed by atoms with van der Waals surface area (Å²) in [7, 11) is 0. The minimum Gasteiger partial charge on any atom is -0.351 e. The molecule has 130 valence electrons. The van der Waals surface area contributed by atoms with Crippen molar-refractivity contribution in [3.63, 3.8) is 0 Å². The van der Waals surface area contributed by atoms with Gasteiger partial charge in [-0.2, -0.15) is 5.26 Å². The van der Waals surface area contributed by atoms with Gasteiger partial charge in [0, 0.05) is 26.1 Å². The molecule has 1 aromatic carbocycles. The van der Waals surface area contributed by atoms with E-state index in [0.717, 1.165) is 44.3 Å². The topological polar surface area (TPSA) is 56.1 Å². The Morgan fingerprint density at radius 3 is 2.29 bits per heavy atom. The third-order valence-corrected chi connectivity index (χ3v) is 5.18. The number of hydrogen-bond donors (Lipinski definition) is 1. The highest BCUT2D eigenvalue weighted by Crippen LogP contribution is 2.41. The molecule has 1 aliphatic carbocycles. The Morgan fingerprint density at radius 1 is 1.21 bits per heavy atom. The van der Waals surface area contributed by atoms with Crippen molar-refractivity contribution in [2.45, 2.75) is 64.0 Å². The molecule has 3 rings (SSSR count). The van der Waals surface area contributed by atoms with Crippen LogP contribution in [0.4, 0.5) is 0 Å². The first kappa shape index (κ1) is 18.5. The number of benzene rings is 1. The minimum absolute atomic E-state index is 0.0564. The van der Waals surface area contributed by atoms with Gasteiger partial charge in [-0.15, -0.1) is 0 Å². The molecule has 1 amide bonds. The Balaban J connectivity index is 0.00000100.